The Hall–Kier alpha value is -2.12. The average molecular weight is 371 g/mol. The molecule has 138 valence electrons. The number of hydrogen-bond acceptors (Lipinski definition) is 3. The van der Waals surface area contributed by atoms with Gasteiger partial charge < -0.3 is 25.1 Å². The Labute approximate surface area is 159 Å². The van der Waals surface area contributed by atoms with Crippen LogP contribution in [0.2, 0.25) is 0 Å². The molecule has 0 bridgehead atoms. The van der Waals surface area contributed by atoms with E-state index in [-0.39, 0.29) is 0 Å². The van der Waals surface area contributed by atoms with E-state index in [0.29, 0.717) is 5.11 Å². The van der Waals surface area contributed by atoms with Gasteiger partial charge in [0.1, 0.15) is 5.82 Å². The van der Waals surface area contributed by atoms with Gasteiger partial charge in [-0.25, -0.2) is 4.98 Å². The zero-order valence-electron chi connectivity index (χ0n) is 15.2. The number of nitrogens with zero attached hydrogens (tertiary/aromatic N) is 4. The molecule has 2 aromatic rings. The molecule has 1 saturated heterocycles. The summed E-state index contributed by atoms with van der Waals surface area (Å²) in [7, 11) is 2.15. The maximum Gasteiger partial charge on any atom is 0.163 e. The molecule has 0 radical (unpaired) electrons. The minimum atomic E-state index is 0.381. The second-order valence-corrected chi connectivity index (χ2v) is 7.53. The number of piperidine rings is 1. The normalized spacial score (nSPS) is 17.6. The summed E-state index contributed by atoms with van der Waals surface area (Å²) in [4.78, 5) is 7.19. The third-order valence-corrected chi connectivity index (χ3v) is 5.68. The maximum absolute atomic E-state index is 5.51. The minimum absolute atomic E-state index is 0.381. The summed E-state index contributed by atoms with van der Waals surface area (Å²) in [5.41, 5.74) is 11.2. The fourth-order valence-corrected chi connectivity index (χ4v) is 4.25. The Kier molecular flexibility index (Phi) is 4.82. The van der Waals surface area contributed by atoms with Gasteiger partial charge in [0.2, 0.25) is 0 Å². The van der Waals surface area contributed by atoms with Crippen molar-refractivity contribution in [3.63, 3.8) is 0 Å². The Morgan fingerprint density at radius 1 is 1.23 bits per heavy atom. The zero-order valence-corrected chi connectivity index (χ0v) is 16.1. The van der Waals surface area contributed by atoms with E-state index >= 15 is 0 Å². The highest BCUT2D eigenvalue weighted by atomic mass is 32.1. The minimum Gasteiger partial charge on any atom is -0.376 e. The van der Waals surface area contributed by atoms with Crippen molar-refractivity contribution in [1.82, 2.24) is 24.3 Å². The lowest BCUT2D eigenvalue weighted by Crippen LogP contribution is -2.39. The number of aryl methyl sites for hydroxylation is 2. The van der Waals surface area contributed by atoms with Crippen LogP contribution in [-0.2, 0) is 20.0 Å². The van der Waals surface area contributed by atoms with E-state index in [9.17, 15) is 0 Å². The van der Waals surface area contributed by atoms with Crippen LogP contribution < -0.4 is 11.1 Å². The van der Waals surface area contributed by atoms with Gasteiger partial charge in [-0.15, -0.1) is 0 Å². The smallest absolute Gasteiger partial charge is 0.163 e. The van der Waals surface area contributed by atoms with Gasteiger partial charge in [-0.3, -0.25) is 0 Å². The van der Waals surface area contributed by atoms with E-state index in [0.717, 1.165) is 57.8 Å². The van der Waals surface area contributed by atoms with Crippen molar-refractivity contribution in [2.45, 2.75) is 25.8 Å². The molecule has 2 aliphatic rings. The molecule has 0 amide bonds. The molecule has 3 N–H and O–H groups in total. The van der Waals surface area contributed by atoms with Gasteiger partial charge in [-0.2, -0.15) is 0 Å². The SMILES string of the molecule is Cn1ccc2c1CCn1ccnc1C2=C1CCN(CCNC(N)=S)CC1. The predicted molar refractivity (Wildman–Crippen MR) is 108 cm³/mol. The van der Waals surface area contributed by atoms with Crippen molar-refractivity contribution in [2.75, 3.05) is 26.2 Å². The fraction of sp³-hybridized carbons (Fsp3) is 0.474. The lowest BCUT2D eigenvalue weighted by Gasteiger charge is -2.29. The van der Waals surface area contributed by atoms with E-state index < -0.39 is 0 Å². The molecule has 2 aromatic heterocycles. The van der Waals surface area contributed by atoms with Crippen LogP contribution in [-0.4, -0.2) is 50.3 Å². The molecule has 2 aliphatic heterocycles. The molecule has 0 aromatic carbocycles. The van der Waals surface area contributed by atoms with Crippen molar-refractivity contribution in [3.05, 3.63) is 47.3 Å². The molecule has 0 spiro atoms. The first-order valence-corrected chi connectivity index (χ1v) is 9.68. The molecular formula is C19H26N6S. The number of hydrogen-bond donors (Lipinski definition) is 2. The molecule has 26 heavy (non-hydrogen) atoms. The number of thiocarbonyl (C=S) groups is 1. The lowest BCUT2D eigenvalue weighted by molar-refractivity contribution is 0.261. The summed E-state index contributed by atoms with van der Waals surface area (Å²) in [6.07, 6.45) is 9.45. The Morgan fingerprint density at radius 2 is 2.04 bits per heavy atom. The summed E-state index contributed by atoms with van der Waals surface area (Å²) >= 11 is 4.88. The third-order valence-electron chi connectivity index (χ3n) is 5.54. The summed E-state index contributed by atoms with van der Waals surface area (Å²) in [6.45, 7) is 4.93. The monoisotopic (exact) mass is 370 g/mol. The number of imidazole rings is 1. The summed E-state index contributed by atoms with van der Waals surface area (Å²) < 4.78 is 4.57. The molecule has 4 heterocycles. The number of likely N-dealkylation sites (tertiary alicyclic amines) is 1. The zero-order chi connectivity index (χ0) is 18.1. The highest BCUT2D eigenvalue weighted by molar-refractivity contribution is 7.80. The van der Waals surface area contributed by atoms with E-state index in [1.54, 1.807) is 0 Å². The fourth-order valence-electron chi connectivity index (χ4n) is 4.15. The van der Waals surface area contributed by atoms with Crippen LogP contribution in [0.5, 0.6) is 0 Å². The molecule has 1 fully saturated rings. The highest BCUT2D eigenvalue weighted by Crippen LogP contribution is 2.35. The Morgan fingerprint density at radius 3 is 2.81 bits per heavy atom. The lowest BCUT2D eigenvalue weighted by atomic mass is 9.92. The number of nitrogens with two attached hydrogens (primary N) is 1. The van der Waals surface area contributed by atoms with Crippen molar-refractivity contribution < 1.29 is 0 Å². The van der Waals surface area contributed by atoms with Crippen LogP contribution in [0.15, 0.2) is 30.2 Å². The first-order valence-electron chi connectivity index (χ1n) is 9.27. The van der Waals surface area contributed by atoms with Gasteiger partial charge in [0.05, 0.1) is 0 Å². The molecule has 6 nitrogen and oxygen atoms in total. The van der Waals surface area contributed by atoms with Gasteiger partial charge in [0.25, 0.3) is 0 Å². The van der Waals surface area contributed by atoms with E-state index in [2.05, 4.69) is 44.9 Å². The van der Waals surface area contributed by atoms with Crippen LogP contribution in [0.25, 0.3) is 5.57 Å². The summed E-state index contributed by atoms with van der Waals surface area (Å²) in [5.74, 6) is 1.13. The van der Waals surface area contributed by atoms with Crippen molar-refractivity contribution >= 4 is 22.9 Å². The average Bonchev–Trinajstić information content (AvgIpc) is 3.19. The standard InChI is InChI=1S/C19H26N6S/c1-23-8-4-15-16(23)5-11-25-13-7-21-18(25)17(15)14-2-9-24(10-3-14)12-6-22-19(20)26/h4,7-8,13H,2-3,5-6,9-12H2,1H3,(H3,20,22,26). The van der Waals surface area contributed by atoms with Gasteiger partial charge in [0.15, 0.2) is 5.11 Å². The molecule has 0 atom stereocenters. The van der Waals surface area contributed by atoms with Crippen LogP contribution in [0, 0.1) is 0 Å². The highest BCUT2D eigenvalue weighted by Gasteiger charge is 2.26. The number of fused-ring (bicyclic) bond motifs is 2. The van der Waals surface area contributed by atoms with E-state index in [1.165, 1.54) is 22.4 Å². The quantitative estimate of drug-likeness (QED) is 0.802. The Bertz CT molecular complexity index is 836. The molecule has 0 unspecified atom stereocenters. The van der Waals surface area contributed by atoms with E-state index in [1.807, 2.05) is 6.20 Å². The molecule has 4 rings (SSSR count). The number of rotatable bonds is 3. The summed E-state index contributed by atoms with van der Waals surface area (Å²) in [6, 6.07) is 2.26. The van der Waals surface area contributed by atoms with Crippen molar-refractivity contribution in [3.8, 4) is 0 Å². The second-order valence-electron chi connectivity index (χ2n) is 7.09. The predicted octanol–water partition coefficient (Wildman–Crippen LogP) is 1.51. The van der Waals surface area contributed by atoms with Gasteiger partial charge in [-0.1, -0.05) is 5.57 Å². The third kappa shape index (κ3) is 3.29. The Balaban J connectivity index is 1.59. The topological polar surface area (TPSA) is 64.0 Å². The van der Waals surface area contributed by atoms with E-state index in [4.69, 9.17) is 22.9 Å². The molecule has 0 saturated carbocycles. The van der Waals surface area contributed by atoms with Crippen molar-refractivity contribution in [2.24, 2.45) is 12.8 Å². The van der Waals surface area contributed by atoms with Crippen molar-refractivity contribution in [1.29, 1.82) is 0 Å². The number of nitrogens with one attached hydrogen (secondary N) is 1. The largest absolute Gasteiger partial charge is 0.376 e. The van der Waals surface area contributed by atoms with Crippen LogP contribution >= 0.6 is 12.2 Å². The van der Waals surface area contributed by atoms with Gasteiger partial charge in [0, 0.05) is 81.6 Å². The first kappa shape index (κ1) is 17.3. The number of aromatic nitrogens is 3. The van der Waals surface area contributed by atoms with Crippen LogP contribution in [0.4, 0.5) is 0 Å². The van der Waals surface area contributed by atoms with Gasteiger partial charge >= 0.3 is 0 Å². The molecule has 7 heteroatoms. The van der Waals surface area contributed by atoms with Crippen LogP contribution in [0.1, 0.15) is 29.9 Å². The maximum atomic E-state index is 5.51. The van der Waals surface area contributed by atoms with Gasteiger partial charge in [-0.05, 0) is 31.1 Å². The molecular weight excluding hydrogens is 344 g/mol. The molecule has 0 aliphatic carbocycles. The second kappa shape index (κ2) is 7.25. The first-order chi connectivity index (χ1) is 12.6. The summed E-state index contributed by atoms with van der Waals surface area (Å²) in [5, 5.41) is 3.42. The van der Waals surface area contributed by atoms with Crippen LogP contribution in [0.3, 0.4) is 0 Å².